The Morgan fingerprint density at radius 2 is 1.17 bits per heavy atom. The van der Waals surface area contributed by atoms with E-state index in [4.69, 9.17) is 21.1 Å². The van der Waals surface area contributed by atoms with Crippen LogP contribution in [0.4, 0.5) is 4.79 Å². The first-order valence-electron chi connectivity index (χ1n) is 13.2. The highest BCUT2D eigenvalue weighted by atomic mass is 35.5. The monoisotopic (exact) mass is 570 g/mol. The van der Waals surface area contributed by atoms with E-state index < -0.39 is 30.1 Å². The summed E-state index contributed by atoms with van der Waals surface area (Å²) in [6.45, 7) is -0.0256. The van der Waals surface area contributed by atoms with Crippen LogP contribution in [0.1, 0.15) is 27.0 Å². The zero-order chi connectivity index (χ0) is 28.9. The minimum atomic E-state index is -0.932. The maximum atomic E-state index is 13.6. The van der Waals surface area contributed by atoms with E-state index in [-0.39, 0.29) is 30.2 Å². The molecular weight excluding hydrogens is 540 g/mol. The summed E-state index contributed by atoms with van der Waals surface area (Å²) in [5.41, 5.74) is 2.88. The van der Waals surface area contributed by atoms with Gasteiger partial charge in [-0.15, -0.1) is 0 Å². The summed E-state index contributed by atoms with van der Waals surface area (Å²) >= 11 is 6.16. The summed E-state index contributed by atoms with van der Waals surface area (Å²) < 4.78 is 10.9. The Bertz CT molecular complexity index is 1420. The second-order valence-corrected chi connectivity index (χ2v) is 9.83. The number of benzene rings is 4. The molecule has 2 amide bonds. The number of hydrogen-bond acceptors (Lipinski definition) is 5. The summed E-state index contributed by atoms with van der Waals surface area (Å²) in [5, 5.41) is 5.95. The van der Waals surface area contributed by atoms with Crippen LogP contribution in [0.2, 0.25) is 5.02 Å². The third-order valence-corrected chi connectivity index (χ3v) is 6.61. The molecule has 0 spiro atoms. The minimum Gasteiger partial charge on any atom is -0.460 e. The van der Waals surface area contributed by atoms with Crippen LogP contribution < -0.4 is 10.6 Å². The third kappa shape index (κ3) is 9.51. The fourth-order valence-electron chi connectivity index (χ4n) is 4.20. The lowest BCUT2D eigenvalue weighted by molar-refractivity contribution is -0.124. The molecule has 7 nitrogen and oxygen atoms in total. The topological polar surface area (TPSA) is 93.7 Å². The Hall–Kier alpha value is -4.62. The van der Waals surface area contributed by atoms with Crippen molar-refractivity contribution in [3.8, 4) is 0 Å². The first-order valence-corrected chi connectivity index (χ1v) is 13.6. The molecule has 0 aliphatic rings. The number of nitrogens with one attached hydrogen (secondary N) is 2. The van der Waals surface area contributed by atoms with Gasteiger partial charge in [-0.2, -0.15) is 0 Å². The van der Waals surface area contributed by atoms with Crippen LogP contribution in [-0.2, 0) is 33.7 Å². The molecule has 0 saturated carbocycles. The Morgan fingerprint density at radius 3 is 1.78 bits per heavy atom. The second kappa shape index (κ2) is 15.2. The van der Waals surface area contributed by atoms with Gasteiger partial charge in [-0.25, -0.2) is 9.59 Å². The van der Waals surface area contributed by atoms with Gasteiger partial charge < -0.3 is 20.1 Å². The van der Waals surface area contributed by atoms with Crippen molar-refractivity contribution in [1.82, 2.24) is 10.6 Å². The number of hydrogen-bond donors (Lipinski definition) is 2. The standard InChI is InChI=1S/C33H31ClN2O5/c34-29-19-11-10-18-28(29)32(38)40-23-27(20-24-12-4-1-5-13-24)35-31(37)30(21-25-14-6-2-7-15-25)36-33(39)41-22-26-16-8-3-9-17-26/h1-19,27,30H,20-23H2,(H,35,37)(H,36,39)/t27-,30-/m0/s1. The number of carbonyl (C=O) groups excluding carboxylic acids is 3. The van der Waals surface area contributed by atoms with Gasteiger partial charge in [0.2, 0.25) is 5.91 Å². The lowest BCUT2D eigenvalue weighted by atomic mass is 10.0. The van der Waals surface area contributed by atoms with Gasteiger partial charge in [-0.05, 0) is 35.2 Å². The second-order valence-electron chi connectivity index (χ2n) is 9.42. The Balaban J connectivity index is 1.46. The summed E-state index contributed by atoms with van der Waals surface area (Å²) in [7, 11) is 0. The molecule has 210 valence electrons. The molecule has 0 aromatic heterocycles. The first kappa shape index (κ1) is 29.4. The number of rotatable bonds is 12. The summed E-state index contributed by atoms with van der Waals surface area (Å²) in [5.74, 6) is -1.02. The number of carbonyl (C=O) groups is 3. The molecule has 0 heterocycles. The molecule has 2 N–H and O–H groups in total. The highest BCUT2D eigenvalue weighted by Crippen LogP contribution is 2.16. The Morgan fingerprint density at radius 1 is 0.634 bits per heavy atom. The molecule has 0 unspecified atom stereocenters. The van der Waals surface area contributed by atoms with Crippen LogP contribution in [0.3, 0.4) is 0 Å². The molecule has 4 aromatic rings. The Labute approximate surface area is 244 Å². The molecule has 0 radical (unpaired) electrons. The predicted molar refractivity (Wildman–Crippen MR) is 158 cm³/mol. The van der Waals surface area contributed by atoms with Crippen molar-refractivity contribution in [3.05, 3.63) is 143 Å². The van der Waals surface area contributed by atoms with Gasteiger partial charge in [0.25, 0.3) is 0 Å². The Kier molecular flexibility index (Phi) is 10.9. The average molecular weight is 571 g/mol. The smallest absolute Gasteiger partial charge is 0.408 e. The van der Waals surface area contributed by atoms with Crippen LogP contribution in [-0.4, -0.2) is 36.7 Å². The number of esters is 1. The SMILES string of the molecule is O=C(N[C@@H](Cc1ccccc1)C(=O)N[C@H](COC(=O)c1ccccc1Cl)Cc1ccccc1)OCc1ccccc1. The highest BCUT2D eigenvalue weighted by molar-refractivity contribution is 6.33. The highest BCUT2D eigenvalue weighted by Gasteiger charge is 2.26. The molecule has 4 rings (SSSR count). The van der Waals surface area contributed by atoms with Crippen LogP contribution >= 0.6 is 11.6 Å². The number of halogens is 1. The van der Waals surface area contributed by atoms with Gasteiger partial charge in [0.15, 0.2) is 0 Å². The fourth-order valence-corrected chi connectivity index (χ4v) is 4.41. The minimum absolute atomic E-state index is 0.0704. The molecule has 0 saturated heterocycles. The van der Waals surface area contributed by atoms with E-state index in [2.05, 4.69) is 10.6 Å². The van der Waals surface area contributed by atoms with Crippen molar-refractivity contribution in [2.45, 2.75) is 31.5 Å². The van der Waals surface area contributed by atoms with Crippen molar-refractivity contribution in [2.24, 2.45) is 0 Å². The van der Waals surface area contributed by atoms with E-state index in [0.717, 1.165) is 16.7 Å². The molecule has 4 aromatic carbocycles. The van der Waals surface area contributed by atoms with Crippen LogP contribution in [0, 0.1) is 0 Å². The van der Waals surface area contributed by atoms with Crippen molar-refractivity contribution in [1.29, 1.82) is 0 Å². The van der Waals surface area contributed by atoms with E-state index in [1.54, 1.807) is 24.3 Å². The van der Waals surface area contributed by atoms with Gasteiger partial charge in [0, 0.05) is 6.42 Å². The lowest BCUT2D eigenvalue weighted by Gasteiger charge is -2.24. The molecule has 41 heavy (non-hydrogen) atoms. The molecule has 2 atom stereocenters. The molecule has 0 aliphatic heterocycles. The van der Waals surface area contributed by atoms with Crippen molar-refractivity contribution in [3.63, 3.8) is 0 Å². The third-order valence-electron chi connectivity index (χ3n) is 6.28. The van der Waals surface area contributed by atoms with E-state index in [9.17, 15) is 14.4 Å². The molecule has 8 heteroatoms. The van der Waals surface area contributed by atoms with E-state index >= 15 is 0 Å². The van der Waals surface area contributed by atoms with Crippen molar-refractivity contribution in [2.75, 3.05) is 6.61 Å². The largest absolute Gasteiger partial charge is 0.460 e. The number of amides is 2. The van der Waals surface area contributed by atoms with Gasteiger partial charge in [0.05, 0.1) is 16.6 Å². The zero-order valence-electron chi connectivity index (χ0n) is 22.4. The molecule has 0 bridgehead atoms. The maximum Gasteiger partial charge on any atom is 0.408 e. The lowest BCUT2D eigenvalue weighted by Crippen LogP contribution is -2.52. The summed E-state index contributed by atoms with van der Waals surface area (Å²) in [6, 6.07) is 33.3. The molecule has 0 fully saturated rings. The number of alkyl carbamates (subject to hydrolysis) is 1. The normalized spacial score (nSPS) is 12.0. The summed E-state index contributed by atoms with van der Waals surface area (Å²) in [6.07, 6.45) is -0.0709. The first-order chi connectivity index (χ1) is 20.0. The summed E-state index contributed by atoms with van der Waals surface area (Å²) in [4.78, 5) is 39.0. The molecule has 0 aliphatic carbocycles. The maximum absolute atomic E-state index is 13.6. The number of ether oxygens (including phenoxy) is 2. The van der Waals surface area contributed by atoms with Gasteiger partial charge in [0.1, 0.15) is 19.3 Å². The van der Waals surface area contributed by atoms with Crippen LogP contribution in [0.5, 0.6) is 0 Å². The van der Waals surface area contributed by atoms with Crippen molar-refractivity contribution < 1.29 is 23.9 Å². The van der Waals surface area contributed by atoms with Crippen LogP contribution in [0.25, 0.3) is 0 Å². The van der Waals surface area contributed by atoms with E-state index in [0.29, 0.717) is 6.42 Å². The van der Waals surface area contributed by atoms with Gasteiger partial charge in [-0.3, -0.25) is 4.79 Å². The van der Waals surface area contributed by atoms with Gasteiger partial charge >= 0.3 is 12.1 Å². The van der Waals surface area contributed by atoms with Crippen LogP contribution in [0.15, 0.2) is 115 Å². The average Bonchev–Trinajstić information content (AvgIpc) is 3.00. The van der Waals surface area contributed by atoms with Gasteiger partial charge in [-0.1, -0.05) is 115 Å². The quantitative estimate of drug-likeness (QED) is 0.211. The zero-order valence-corrected chi connectivity index (χ0v) is 23.1. The van der Waals surface area contributed by atoms with E-state index in [1.807, 2.05) is 91.0 Å². The van der Waals surface area contributed by atoms with E-state index in [1.165, 1.54) is 0 Å². The van der Waals surface area contributed by atoms with Crippen molar-refractivity contribution >= 4 is 29.6 Å². The predicted octanol–water partition coefficient (Wildman–Crippen LogP) is 5.76. The fraction of sp³-hybridized carbons (Fsp3) is 0.182. The molecular formula is C33H31ClN2O5.